The lowest BCUT2D eigenvalue weighted by atomic mass is 10.1. The standard InChI is InChI=1S/C13H21N3O5/c14-10(17)6-5-9(13(20)21)15-11(18)8-16-7-3-1-2-4-12(16)19/h9H,1-8H2,(H2,14,17)(H,15,18)(H,20,21). The second-order valence-corrected chi connectivity index (χ2v) is 5.09. The molecule has 0 radical (unpaired) electrons. The van der Waals surface area contributed by atoms with Crippen LogP contribution in [-0.2, 0) is 19.2 Å². The summed E-state index contributed by atoms with van der Waals surface area (Å²) in [6.07, 6.45) is 2.82. The summed E-state index contributed by atoms with van der Waals surface area (Å²) in [5, 5.41) is 11.3. The highest BCUT2D eigenvalue weighted by Gasteiger charge is 2.24. The lowest BCUT2D eigenvalue weighted by Crippen LogP contribution is -2.47. The van der Waals surface area contributed by atoms with Crippen molar-refractivity contribution in [3.8, 4) is 0 Å². The Morgan fingerprint density at radius 3 is 2.62 bits per heavy atom. The molecule has 1 unspecified atom stereocenters. The quantitative estimate of drug-likeness (QED) is 0.568. The van der Waals surface area contributed by atoms with Crippen LogP contribution in [0.2, 0.25) is 0 Å². The topological polar surface area (TPSA) is 130 Å². The number of amides is 3. The van der Waals surface area contributed by atoms with Crippen LogP contribution in [0.3, 0.4) is 0 Å². The zero-order valence-electron chi connectivity index (χ0n) is 11.8. The summed E-state index contributed by atoms with van der Waals surface area (Å²) in [5.74, 6) is -2.49. The van der Waals surface area contributed by atoms with E-state index in [2.05, 4.69) is 5.32 Å². The highest BCUT2D eigenvalue weighted by atomic mass is 16.4. The van der Waals surface area contributed by atoms with Crippen LogP contribution in [0.4, 0.5) is 0 Å². The number of nitrogens with one attached hydrogen (secondary N) is 1. The highest BCUT2D eigenvalue weighted by Crippen LogP contribution is 2.10. The van der Waals surface area contributed by atoms with Gasteiger partial charge in [0, 0.05) is 19.4 Å². The number of carbonyl (C=O) groups excluding carboxylic acids is 3. The van der Waals surface area contributed by atoms with E-state index in [0.717, 1.165) is 19.3 Å². The molecule has 8 heteroatoms. The summed E-state index contributed by atoms with van der Waals surface area (Å²) in [6, 6.07) is -1.17. The van der Waals surface area contributed by atoms with E-state index < -0.39 is 23.8 Å². The van der Waals surface area contributed by atoms with Crippen molar-refractivity contribution in [1.82, 2.24) is 10.2 Å². The van der Waals surface area contributed by atoms with E-state index in [9.17, 15) is 19.2 Å². The summed E-state index contributed by atoms with van der Waals surface area (Å²) in [7, 11) is 0. The average Bonchev–Trinajstić information content (AvgIpc) is 2.59. The second-order valence-electron chi connectivity index (χ2n) is 5.09. The molecule has 1 aliphatic heterocycles. The monoisotopic (exact) mass is 299 g/mol. The van der Waals surface area contributed by atoms with Crippen molar-refractivity contribution in [2.45, 2.75) is 44.6 Å². The maximum atomic E-state index is 11.8. The molecule has 1 rings (SSSR count). The summed E-state index contributed by atoms with van der Waals surface area (Å²) in [4.78, 5) is 46.7. The van der Waals surface area contributed by atoms with Gasteiger partial charge in [0.15, 0.2) is 0 Å². The van der Waals surface area contributed by atoms with E-state index in [1.54, 1.807) is 0 Å². The molecule has 0 bridgehead atoms. The summed E-state index contributed by atoms with van der Waals surface area (Å²) >= 11 is 0. The van der Waals surface area contributed by atoms with Gasteiger partial charge in [-0.3, -0.25) is 14.4 Å². The zero-order valence-corrected chi connectivity index (χ0v) is 11.8. The number of nitrogens with zero attached hydrogens (tertiary/aromatic N) is 1. The Morgan fingerprint density at radius 2 is 2.00 bits per heavy atom. The molecule has 1 saturated heterocycles. The molecular weight excluding hydrogens is 278 g/mol. The Morgan fingerprint density at radius 1 is 1.29 bits per heavy atom. The molecule has 8 nitrogen and oxygen atoms in total. The Labute approximate surface area is 122 Å². The van der Waals surface area contributed by atoms with Crippen LogP contribution in [0, 0.1) is 0 Å². The number of aliphatic carboxylic acids is 1. The van der Waals surface area contributed by atoms with Gasteiger partial charge in [0.05, 0.1) is 6.54 Å². The second kappa shape index (κ2) is 8.23. The number of hydrogen-bond acceptors (Lipinski definition) is 4. The molecular formula is C13H21N3O5. The maximum absolute atomic E-state index is 11.8. The van der Waals surface area contributed by atoms with E-state index in [1.165, 1.54) is 4.90 Å². The van der Waals surface area contributed by atoms with Crippen molar-refractivity contribution in [3.63, 3.8) is 0 Å². The van der Waals surface area contributed by atoms with Gasteiger partial charge in [0.1, 0.15) is 6.04 Å². The lowest BCUT2D eigenvalue weighted by molar-refractivity contribution is -0.142. The van der Waals surface area contributed by atoms with Crippen LogP contribution in [0.5, 0.6) is 0 Å². The van der Waals surface area contributed by atoms with Gasteiger partial charge < -0.3 is 21.1 Å². The Kier molecular flexibility index (Phi) is 6.64. The minimum absolute atomic E-state index is 0.0651. The van der Waals surface area contributed by atoms with Crippen LogP contribution in [0.25, 0.3) is 0 Å². The van der Waals surface area contributed by atoms with E-state index in [4.69, 9.17) is 10.8 Å². The van der Waals surface area contributed by atoms with Crippen LogP contribution < -0.4 is 11.1 Å². The van der Waals surface area contributed by atoms with Crippen LogP contribution in [0.15, 0.2) is 0 Å². The molecule has 0 spiro atoms. The number of carboxylic acid groups (broad SMARTS) is 1. The molecule has 0 saturated carbocycles. The first-order chi connectivity index (χ1) is 9.90. The van der Waals surface area contributed by atoms with Crippen molar-refractivity contribution in [2.75, 3.05) is 13.1 Å². The minimum Gasteiger partial charge on any atom is -0.480 e. The minimum atomic E-state index is -1.23. The number of hydrogen-bond donors (Lipinski definition) is 3. The van der Waals surface area contributed by atoms with E-state index in [0.29, 0.717) is 13.0 Å². The number of carbonyl (C=O) groups is 4. The molecule has 0 aromatic rings. The number of likely N-dealkylation sites (tertiary alicyclic amines) is 1. The number of carboxylic acids is 1. The fourth-order valence-corrected chi connectivity index (χ4v) is 2.16. The summed E-state index contributed by atoms with van der Waals surface area (Å²) in [6.45, 7) is 0.352. The van der Waals surface area contributed by atoms with Crippen LogP contribution in [0.1, 0.15) is 38.5 Å². The molecule has 4 N–H and O–H groups in total. The van der Waals surface area contributed by atoms with Gasteiger partial charge in [0.2, 0.25) is 17.7 Å². The fraction of sp³-hybridized carbons (Fsp3) is 0.692. The van der Waals surface area contributed by atoms with Crippen LogP contribution in [-0.4, -0.2) is 52.8 Å². The van der Waals surface area contributed by atoms with Gasteiger partial charge in [-0.15, -0.1) is 0 Å². The van der Waals surface area contributed by atoms with Crippen molar-refractivity contribution in [2.24, 2.45) is 5.73 Å². The summed E-state index contributed by atoms with van der Waals surface area (Å²) < 4.78 is 0. The molecule has 0 aromatic heterocycles. The molecule has 1 heterocycles. The first-order valence-electron chi connectivity index (χ1n) is 6.98. The van der Waals surface area contributed by atoms with Gasteiger partial charge >= 0.3 is 5.97 Å². The van der Waals surface area contributed by atoms with Crippen molar-refractivity contribution < 1.29 is 24.3 Å². The SMILES string of the molecule is NC(=O)CCC(NC(=O)CN1CCCCCC1=O)C(=O)O. The lowest BCUT2D eigenvalue weighted by Gasteiger charge is -2.21. The first-order valence-corrected chi connectivity index (χ1v) is 6.98. The number of rotatable bonds is 7. The maximum Gasteiger partial charge on any atom is 0.326 e. The van der Waals surface area contributed by atoms with Gasteiger partial charge in [-0.05, 0) is 19.3 Å². The third-order valence-corrected chi connectivity index (χ3v) is 3.32. The fourth-order valence-electron chi connectivity index (χ4n) is 2.16. The molecule has 21 heavy (non-hydrogen) atoms. The van der Waals surface area contributed by atoms with Gasteiger partial charge in [-0.1, -0.05) is 6.42 Å². The molecule has 0 aromatic carbocycles. The van der Waals surface area contributed by atoms with Gasteiger partial charge in [0.25, 0.3) is 0 Å². The van der Waals surface area contributed by atoms with E-state index in [-0.39, 0.29) is 25.3 Å². The Bertz CT molecular complexity index is 424. The van der Waals surface area contributed by atoms with Crippen molar-refractivity contribution >= 4 is 23.7 Å². The van der Waals surface area contributed by atoms with Crippen molar-refractivity contribution in [1.29, 1.82) is 0 Å². The third-order valence-electron chi connectivity index (χ3n) is 3.32. The predicted molar refractivity (Wildman–Crippen MR) is 73.0 cm³/mol. The zero-order chi connectivity index (χ0) is 15.8. The van der Waals surface area contributed by atoms with E-state index in [1.807, 2.05) is 0 Å². The first kappa shape index (κ1) is 16.9. The molecule has 1 aliphatic rings. The van der Waals surface area contributed by atoms with Gasteiger partial charge in [-0.2, -0.15) is 0 Å². The van der Waals surface area contributed by atoms with Crippen molar-refractivity contribution in [3.05, 3.63) is 0 Å². The number of nitrogens with two attached hydrogens (primary N) is 1. The molecule has 1 fully saturated rings. The van der Waals surface area contributed by atoms with Gasteiger partial charge in [-0.25, -0.2) is 4.79 Å². The summed E-state index contributed by atoms with van der Waals surface area (Å²) in [5.41, 5.74) is 4.96. The normalized spacial score (nSPS) is 17.0. The third kappa shape index (κ3) is 6.24. The largest absolute Gasteiger partial charge is 0.480 e. The Balaban J connectivity index is 2.50. The Hall–Kier alpha value is -2.12. The molecule has 1 atom stereocenters. The smallest absolute Gasteiger partial charge is 0.326 e. The molecule has 3 amide bonds. The highest BCUT2D eigenvalue weighted by molar-refractivity contribution is 5.88. The molecule has 118 valence electrons. The molecule has 0 aliphatic carbocycles. The number of primary amides is 1. The predicted octanol–water partition coefficient (Wildman–Crippen LogP) is -0.776. The average molecular weight is 299 g/mol. The van der Waals surface area contributed by atoms with E-state index >= 15 is 0 Å². The van der Waals surface area contributed by atoms with Crippen LogP contribution >= 0.6 is 0 Å².